The molecule has 1 heterocycles. The molecular formula is C16H28O2S. The molecule has 0 bridgehead atoms. The first-order valence-electron chi connectivity index (χ1n) is 7.98. The molecular weight excluding hydrogens is 256 g/mol. The van der Waals surface area contributed by atoms with Crippen LogP contribution in [0, 0.1) is 5.92 Å². The molecule has 110 valence electrons. The highest BCUT2D eigenvalue weighted by atomic mass is 32.1. The van der Waals surface area contributed by atoms with E-state index < -0.39 is 0 Å². The third kappa shape index (κ3) is 7.66. The lowest BCUT2D eigenvalue weighted by Crippen LogP contribution is -2.04. The first-order chi connectivity index (χ1) is 9.24. The van der Waals surface area contributed by atoms with Crippen LogP contribution < -0.4 is 0 Å². The summed E-state index contributed by atoms with van der Waals surface area (Å²) in [5, 5.41) is 0.529. The Morgan fingerprint density at radius 3 is 2.00 bits per heavy atom. The molecule has 0 aromatic rings. The average Bonchev–Trinajstić information content (AvgIpc) is 2.70. The lowest BCUT2D eigenvalue weighted by molar-refractivity contribution is -0.133. The Bertz CT molecular complexity index is 276. The van der Waals surface area contributed by atoms with Crippen molar-refractivity contribution in [3.05, 3.63) is 0 Å². The minimum absolute atomic E-state index is 0.137. The highest BCUT2D eigenvalue weighted by molar-refractivity contribution is 7.80. The van der Waals surface area contributed by atoms with Gasteiger partial charge in [0.2, 0.25) is 0 Å². The molecule has 0 amide bonds. The first kappa shape index (κ1) is 16.6. The molecule has 0 aromatic heterocycles. The second-order valence-electron chi connectivity index (χ2n) is 5.66. The Balaban J connectivity index is 1.84. The van der Waals surface area contributed by atoms with Crippen LogP contribution in [0.25, 0.3) is 0 Å². The Kier molecular flexibility index (Phi) is 9.06. The predicted octanol–water partition coefficient (Wildman–Crippen LogP) is 5.19. The van der Waals surface area contributed by atoms with E-state index in [9.17, 15) is 4.79 Å². The summed E-state index contributed by atoms with van der Waals surface area (Å²) in [6.45, 7) is 2.26. The van der Waals surface area contributed by atoms with Crippen molar-refractivity contribution in [2.75, 3.05) is 0 Å². The number of cyclic esters (lactones) is 1. The number of rotatable bonds is 11. The largest absolute Gasteiger partial charge is 0.419 e. The second kappa shape index (κ2) is 10.4. The van der Waals surface area contributed by atoms with E-state index in [1.54, 1.807) is 0 Å². The highest BCUT2D eigenvalue weighted by Gasteiger charge is 2.28. The molecule has 1 saturated heterocycles. The van der Waals surface area contributed by atoms with Crippen LogP contribution in [0.1, 0.15) is 84.0 Å². The zero-order valence-corrected chi connectivity index (χ0v) is 13.1. The van der Waals surface area contributed by atoms with Gasteiger partial charge in [-0.1, -0.05) is 71.1 Å². The second-order valence-corrected chi connectivity index (χ2v) is 6.07. The Labute approximate surface area is 123 Å². The summed E-state index contributed by atoms with van der Waals surface area (Å²) in [5.74, 6) is 0.0821. The van der Waals surface area contributed by atoms with Crippen molar-refractivity contribution in [2.24, 2.45) is 5.92 Å². The summed E-state index contributed by atoms with van der Waals surface area (Å²) in [7, 11) is 0. The van der Waals surface area contributed by atoms with Gasteiger partial charge in [0.05, 0.1) is 6.42 Å². The molecule has 1 rings (SSSR count). The van der Waals surface area contributed by atoms with Crippen molar-refractivity contribution >= 4 is 23.2 Å². The van der Waals surface area contributed by atoms with Crippen molar-refractivity contribution in [1.82, 2.24) is 0 Å². The molecule has 19 heavy (non-hydrogen) atoms. The standard InChI is InChI=1S/C16H28O2S/c1-2-3-4-5-6-7-8-9-10-11-12-14-13-15(17)18-16(14)19/h14H,2-13H2,1H3. The SMILES string of the molecule is CCCCCCCCCCCCC1CC(=O)OC1=S. The van der Waals surface area contributed by atoms with Crippen molar-refractivity contribution in [3.63, 3.8) is 0 Å². The minimum Gasteiger partial charge on any atom is -0.419 e. The molecule has 0 aromatic carbocycles. The van der Waals surface area contributed by atoms with Gasteiger partial charge in [-0.25, -0.2) is 0 Å². The monoisotopic (exact) mass is 284 g/mol. The zero-order chi connectivity index (χ0) is 13.9. The van der Waals surface area contributed by atoms with Gasteiger partial charge in [-0.2, -0.15) is 0 Å². The number of carbonyl (C=O) groups excluding carboxylic acids is 1. The number of thiocarbonyl (C=S) groups is 1. The van der Waals surface area contributed by atoms with E-state index in [4.69, 9.17) is 17.0 Å². The van der Waals surface area contributed by atoms with Crippen LogP contribution in [0.2, 0.25) is 0 Å². The van der Waals surface area contributed by atoms with Crippen LogP contribution in [-0.2, 0) is 9.53 Å². The topological polar surface area (TPSA) is 26.3 Å². The molecule has 1 aliphatic rings. The Hall–Kier alpha value is -0.440. The lowest BCUT2D eigenvalue weighted by atomic mass is 9.99. The molecule has 1 atom stereocenters. The van der Waals surface area contributed by atoms with Crippen LogP contribution in [0.5, 0.6) is 0 Å². The maximum Gasteiger partial charge on any atom is 0.312 e. The number of hydrogen-bond acceptors (Lipinski definition) is 3. The Morgan fingerprint density at radius 1 is 1.00 bits per heavy atom. The lowest BCUT2D eigenvalue weighted by Gasteiger charge is -2.06. The summed E-state index contributed by atoms with van der Waals surface area (Å²) in [6.07, 6.45) is 15.0. The molecule has 2 nitrogen and oxygen atoms in total. The summed E-state index contributed by atoms with van der Waals surface area (Å²) < 4.78 is 4.91. The zero-order valence-electron chi connectivity index (χ0n) is 12.3. The number of unbranched alkanes of at least 4 members (excludes halogenated alkanes) is 9. The summed E-state index contributed by atoms with van der Waals surface area (Å²) in [5.41, 5.74) is 0. The van der Waals surface area contributed by atoms with Crippen LogP contribution in [0.3, 0.4) is 0 Å². The molecule has 0 radical (unpaired) electrons. The van der Waals surface area contributed by atoms with Gasteiger partial charge in [0.15, 0.2) is 5.05 Å². The minimum atomic E-state index is -0.137. The molecule has 1 aliphatic heterocycles. The maximum absolute atomic E-state index is 11.0. The van der Waals surface area contributed by atoms with Crippen molar-refractivity contribution in [2.45, 2.75) is 84.0 Å². The fourth-order valence-electron chi connectivity index (χ4n) is 2.62. The van der Waals surface area contributed by atoms with Crippen molar-refractivity contribution in [3.8, 4) is 0 Å². The van der Waals surface area contributed by atoms with Gasteiger partial charge < -0.3 is 4.74 Å². The number of esters is 1. The molecule has 0 N–H and O–H groups in total. The third-order valence-electron chi connectivity index (χ3n) is 3.87. The summed E-state index contributed by atoms with van der Waals surface area (Å²) in [6, 6.07) is 0. The van der Waals surface area contributed by atoms with Gasteiger partial charge in [-0.3, -0.25) is 4.79 Å². The fourth-order valence-corrected chi connectivity index (χ4v) is 2.91. The van der Waals surface area contributed by atoms with Crippen LogP contribution in [0.4, 0.5) is 0 Å². The smallest absolute Gasteiger partial charge is 0.312 e. The van der Waals surface area contributed by atoms with Gasteiger partial charge >= 0.3 is 5.97 Å². The van der Waals surface area contributed by atoms with E-state index in [2.05, 4.69) is 6.92 Å². The van der Waals surface area contributed by atoms with Crippen molar-refractivity contribution in [1.29, 1.82) is 0 Å². The molecule has 0 aliphatic carbocycles. The quantitative estimate of drug-likeness (QED) is 0.297. The average molecular weight is 284 g/mol. The maximum atomic E-state index is 11.0. The van der Waals surface area contributed by atoms with Gasteiger partial charge in [0, 0.05) is 5.92 Å². The van der Waals surface area contributed by atoms with Gasteiger partial charge in [-0.05, 0) is 18.6 Å². The van der Waals surface area contributed by atoms with E-state index in [0.29, 0.717) is 11.5 Å². The number of hydrogen-bond donors (Lipinski definition) is 0. The summed E-state index contributed by atoms with van der Waals surface area (Å²) in [4.78, 5) is 11.0. The first-order valence-corrected chi connectivity index (χ1v) is 8.39. The van der Waals surface area contributed by atoms with E-state index in [0.717, 1.165) is 6.42 Å². The number of ether oxygens (including phenoxy) is 1. The van der Waals surface area contributed by atoms with E-state index in [1.807, 2.05) is 0 Å². The van der Waals surface area contributed by atoms with Crippen molar-refractivity contribution < 1.29 is 9.53 Å². The summed E-state index contributed by atoms with van der Waals surface area (Å²) >= 11 is 5.04. The van der Waals surface area contributed by atoms with E-state index in [1.165, 1.54) is 64.2 Å². The molecule has 0 spiro atoms. The Morgan fingerprint density at radius 2 is 1.53 bits per heavy atom. The van der Waals surface area contributed by atoms with Crippen LogP contribution in [-0.4, -0.2) is 11.0 Å². The van der Waals surface area contributed by atoms with E-state index >= 15 is 0 Å². The predicted molar refractivity (Wildman–Crippen MR) is 83.3 cm³/mol. The normalized spacial score (nSPS) is 18.9. The molecule has 1 fully saturated rings. The molecule has 1 unspecified atom stereocenters. The van der Waals surface area contributed by atoms with Gasteiger partial charge in [0.1, 0.15) is 0 Å². The van der Waals surface area contributed by atoms with Crippen LogP contribution >= 0.6 is 12.2 Å². The van der Waals surface area contributed by atoms with Gasteiger partial charge in [0.25, 0.3) is 0 Å². The molecule has 3 heteroatoms. The number of carbonyl (C=O) groups is 1. The van der Waals surface area contributed by atoms with Crippen LogP contribution in [0.15, 0.2) is 0 Å². The van der Waals surface area contributed by atoms with E-state index in [-0.39, 0.29) is 11.9 Å². The van der Waals surface area contributed by atoms with Gasteiger partial charge in [-0.15, -0.1) is 0 Å². The fraction of sp³-hybridized carbons (Fsp3) is 0.875. The third-order valence-corrected chi connectivity index (χ3v) is 4.28. The highest BCUT2D eigenvalue weighted by Crippen LogP contribution is 2.23. The molecule has 0 saturated carbocycles.